The summed E-state index contributed by atoms with van der Waals surface area (Å²) < 4.78 is 0.811. The number of halogens is 1. The summed E-state index contributed by atoms with van der Waals surface area (Å²) in [5, 5.41) is 6.22. The fourth-order valence-electron chi connectivity index (χ4n) is 1.99. The SMILES string of the molecule is C=C(Br)CNC(=O)C1(CC)CCCNC1. The second-order valence-corrected chi connectivity index (χ2v) is 5.24. The molecule has 0 aromatic carbocycles. The van der Waals surface area contributed by atoms with Crippen LogP contribution in [0.25, 0.3) is 0 Å². The summed E-state index contributed by atoms with van der Waals surface area (Å²) in [5.41, 5.74) is -0.208. The molecule has 1 fully saturated rings. The van der Waals surface area contributed by atoms with Crippen molar-refractivity contribution >= 4 is 21.8 Å². The van der Waals surface area contributed by atoms with Crippen LogP contribution in [0, 0.1) is 5.41 Å². The van der Waals surface area contributed by atoms with Gasteiger partial charge in [-0.25, -0.2) is 0 Å². The highest BCUT2D eigenvalue weighted by Crippen LogP contribution is 2.30. The molecule has 2 N–H and O–H groups in total. The highest BCUT2D eigenvalue weighted by atomic mass is 79.9. The maximum atomic E-state index is 12.0. The van der Waals surface area contributed by atoms with Crippen LogP contribution in [-0.4, -0.2) is 25.5 Å². The number of nitrogens with one attached hydrogen (secondary N) is 2. The van der Waals surface area contributed by atoms with Crippen molar-refractivity contribution in [3.63, 3.8) is 0 Å². The summed E-state index contributed by atoms with van der Waals surface area (Å²) in [4.78, 5) is 12.0. The predicted octanol–water partition coefficient (Wildman–Crippen LogP) is 1.79. The Bertz CT molecular complexity index is 247. The summed E-state index contributed by atoms with van der Waals surface area (Å²) in [6.07, 6.45) is 2.95. The number of hydrogen-bond acceptors (Lipinski definition) is 2. The second kappa shape index (κ2) is 5.66. The smallest absolute Gasteiger partial charge is 0.227 e. The molecule has 15 heavy (non-hydrogen) atoms. The Balaban J connectivity index is 2.55. The lowest BCUT2D eigenvalue weighted by Gasteiger charge is -2.35. The van der Waals surface area contributed by atoms with Crippen LogP contribution in [-0.2, 0) is 4.79 Å². The lowest BCUT2D eigenvalue weighted by Crippen LogP contribution is -2.50. The van der Waals surface area contributed by atoms with E-state index in [1.807, 2.05) is 0 Å². The van der Waals surface area contributed by atoms with Crippen molar-refractivity contribution in [1.82, 2.24) is 10.6 Å². The molecule has 0 bridgehead atoms. The molecule has 86 valence electrons. The molecule has 0 radical (unpaired) electrons. The molecule has 0 aromatic rings. The fourth-order valence-corrected chi connectivity index (χ4v) is 2.13. The molecule has 1 saturated heterocycles. The zero-order chi connectivity index (χ0) is 11.3. The molecule has 0 aliphatic carbocycles. The van der Waals surface area contributed by atoms with E-state index in [2.05, 4.69) is 40.1 Å². The molecule has 1 heterocycles. The Morgan fingerprint density at radius 2 is 2.40 bits per heavy atom. The first-order chi connectivity index (χ1) is 7.10. The van der Waals surface area contributed by atoms with Crippen LogP contribution in [0.15, 0.2) is 11.1 Å². The van der Waals surface area contributed by atoms with E-state index in [0.29, 0.717) is 6.54 Å². The average molecular weight is 275 g/mol. The van der Waals surface area contributed by atoms with Gasteiger partial charge in [0.1, 0.15) is 0 Å². The van der Waals surface area contributed by atoms with Crippen molar-refractivity contribution in [2.45, 2.75) is 26.2 Å². The molecular weight excluding hydrogens is 256 g/mol. The lowest BCUT2D eigenvalue weighted by molar-refractivity contribution is -0.132. The molecule has 1 unspecified atom stereocenters. The molecule has 3 nitrogen and oxygen atoms in total. The standard InChI is InChI=1S/C11H19BrN2O/c1-3-11(5-4-6-13-8-11)10(15)14-7-9(2)12/h13H,2-8H2,1H3,(H,14,15). The third-order valence-electron chi connectivity index (χ3n) is 3.07. The van der Waals surface area contributed by atoms with E-state index in [0.717, 1.165) is 36.8 Å². The molecule has 0 saturated carbocycles. The zero-order valence-electron chi connectivity index (χ0n) is 9.24. The Morgan fingerprint density at radius 3 is 2.87 bits per heavy atom. The van der Waals surface area contributed by atoms with Crippen LogP contribution in [0.5, 0.6) is 0 Å². The molecule has 1 rings (SSSR count). The van der Waals surface area contributed by atoms with Crippen molar-refractivity contribution in [2.75, 3.05) is 19.6 Å². The first kappa shape index (κ1) is 12.7. The highest BCUT2D eigenvalue weighted by molar-refractivity contribution is 9.11. The summed E-state index contributed by atoms with van der Waals surface area (Å²) >= 11 is 3.24. The van der Waals surface area contributed by atoms with Crippen molar-refractivity contribution in [3.8, 4) is 0 Å². The Morgan fingerprint density at radius 1 is 1.67 bits per heavy atom. The van der Waals surface area contributed by atoms with Crippen LogP contribution in [0.2, 0.25) is 0 Å². The summed E-state index contributed by atoms with van der Waals surface area (Å²) in [6, 6.07) is 0. The van der Waals surface area contributed by atoms with E-state index in [1.165, 1.54) is 0 Å². The maximum Gasteiger partial charge on any atom is 0.227 e. The van der Waals surface area contributed by atoms with Gasteiger partial charge in [-0.2, -0.15) is 0 Å². The van der Waals surface area contributed by atoms with Gasteiger partial charge in [-0.1, -0.05) is 29.4 Å². The topological polar surface area (TPSA) is 41.1 Å². The van der Waals surface area contributed by atoms with Crippen LogP contribution in [0.1, 0.15) is 26.2 Å². The monoisotopic (exact) mass is 274 g/mol. The van der Waals surface area contributed by atoms with Gasteiger partial charge in [0.15, 0.2) is 0 Å². The maximum absolute atomic E-state index is 12.0. The van der Waals surface area contributed by atoms with Gasteiger partial charge in [0.2, 0.25) is 5.91 Å². The predicted molar refractivity (Wildman–Crippen MR) is 65.9 cm³/mol. The third-order valence-corrected chi connectivity index (χ3v) is 3.35. The summed E-state index contributed by atoms with van der Waals surface area (Å²) in [7, 11) is 0. The van der Waals surface area contributed by atoms with E-state index in [-0.39, 0.29) is 11.3 Å². The van der Waals surface area contributed by atoms with Crippen molar-refractivity contribution in [3.05, 3.63) is 11.1 Å². The fraction of sp³-hybridized carbons (Fsp3) is 0.727. The first-order valence-corrected chi connectivity index (χ1v) is 6.22. The van der Waals surface area contributed by atoms with Gasteiger partial charge in [-0.3, -0.25) is 4.79 Å². The normalized spacial score (nSPS) is 26.0. The van der Waals surface area contributed by atoms with Gasteiger partial charge in [0.05, 0.1) is 5.41 Å². The van der Waals surface area contributed by atoms with Crippen LogP contribution >= 0.6 is 15.9 Å². The average Bonchev–Trinajstić information content (AvgIpc) is 2.26. The van der Waals surface area contributed by atoms with E-state index in [4.69, 9.17) is 0 Å². The van der Waals surface area contributed by atoms with Gasteiger partial charge < -0.3 is 10.6 Å². The third kappa shape index (κ3) is 3.31. The number of piperidine rings is 1. The molecule has 0 spiro atoms. The molecular formula is C11H19BrN2O. The minimum absolute atomic E-state index is 0.151. The number of amides is 1. The Labute approximate surface area is 99.8 Å². The van der Waals surface area contributed by atoms with Crippen molar-refractivity contribution in [1.29, 1.82) is 0 Å². The van der Waals surface area contributed by atoms with Crippen LogP contribution in [0.3, 0.4) is 0 Å². The van der Waals surface area contributed by atoms with Crippen molar-refractivity contribution in [2.24, 2.45) is 5.41 Å². The van der Waals surface area contributed by atoms with E-state index >= 15 is 0 Å². The van der Waals surface area contributed by atoms with Gasteiger partial charge in [-0.05, 0) is 25.8 Å². The van der Waals surface area contributed by atoms with Crippen molar-refractivity contribution < 1.29 is 4.79 Å². The van der Waals surface area contributed by atoms with Gasteiger partial charge >= 0.3 is 0 Å². The van der Waals surface area contributed by atoms with Crippen LogP contribution in [0.4, 0.5) is 0 Å². The van der Waals surface area contributed by atoms with E-state index in [1.54, 1.807) is 0 Å². The summed E-state index contributed by atoms with van der Waals surface area (Å²) in [6.45, 7) is 8.12. The number of rotatable bonds is 4. The highest BCUT2D eigenvalue weighted by Gasteiger charge is 2.37. The molecule has 0 aromatic heterocycles. The van der Waals surface area contributed by atoms with Gasteiger partial charge in [-0.15, -0.1) is 0 Å². The quantitative estimate of drug-likeness (QED) is 0.821. The minimum Gasteiger partial charge on any atom is -0.351 e. The number of hydrogen-bond donors (Lipinski definition) is 2. The summed E-state index contributed by atoms with van der Waals surface area (Å²) in [5.74, 6) is 0.151. The van der Waals surface area contributed by atoms with E-state index < -0.39 is 0 Å². The molecule has 1 atom stereocenters. The zero-order valence-corrected chi connectivity index (χ0v) is 10.8. The molecule has 1 aliphatic heterocycles. The first-order valence-electron chi connectivity index (χ1n) is 5.43. The molecule has 4 heteroatoms. The van der Waals surface area contributed by atoms with E-state index in [9.17, 15) is 4.79 Å². The molecule has 1 aliphatic rings. The number of carbonyl (C=O) groups excluding carboxylic acids is 1. The lowest BCUT2D eigenvalue weighted by atomic mass is 9.77. The second-order valence-electron chi connectivity index (χ2n) is 4.11. The Hall–Kier alpha value is -0.350. The Kier molecular flexibility index (Phi) is 4.80. The molecule has 1 amide bonds. The largest absolute Gasteiger partial charge is 0.351 e. The van der Waals surface area contributed by atoms with Crippen LogP contribution < -0.4 is 10.6 Å². The minimum atomic E-state index is -0.208. The van der Waals surface area contributed by atoms with Gasteiger partial charge in [0, 0.05) is 17.6 Å². The van der Waals surface area contributed by atoms with Gasteiger partial charge in [0.25, 0.3) is 0 Å². The number of carbonyl (C=O) groups is 1.